The molecule has 84 valence electrons. The average Bonchev–Trinajstić information content (AvgIpc) is 2.79. The fraction of sp³-hybridized carbons (Fsp3) is 0.750. The predicted octanol–water partition coefficient (Wildman–Crippen LogP) is 4.38. The summed E-state index contributed by atoms with van der Waals surface area (Å²) >= 11 is 0. The van der Waals surface area contributed by atoms with Crippen LogP contribution in [-0.2, 0) is 0 Å². The smallest absolute Gasteiger partial charge is 0.0183 e. The van der Waals surface area contributed by atoms with Crippen molar-refractivity contribution in [2.75, 3.05) is 0 Å². The number of allylic oxidation sites excluding steroid dienone is 4. The van der Waals surface area contributed by atoms with Gasteiger partial charge in [0.2, 0.25) is 0 Å². The molecule has 0 aliphatic heterocycles. The highest BCUT2D eigenvalue weighted by atomic mass is 14.5. The normalized spacial score (nSPS) is 48.0. The van der Waals surface area contributed by atoms with Gasteiger partial charge in [0, 0.05) is 0 Å². The molecule has 0 radical (unpaired) electrons. The van der Waals surface area contributed by atoms with Gasteiger partial charge >= 0.3 is 0 Å². The SMILES string of the molecule is C1CC23CC1=C1CC4CC(=C(C2)C3)CC4C1. The lowest BCUT2D eigenvalue weighted by Gasteiger charge is -2.42. The largest absolute Gasteiger partial charge is 0.0704 e. The highest BCUT2D eigenvalue weighted by Crippen LogP contribution is 2.64. The summed E-state index contributed by atoms with van der Waals surface area (Å²) in [6.07, 6.45) is 13.5. The number of hydrogen-bond donors (Lipinski definition) is 0. The Hall–Kier alpha value is -0.520. The van der Waals surface area contributed by atoms with Crippen molar-refractivity contribution in [3.63, 3.8) is 0 Å². The Balaban J connectivity index is 1.71. The molecule has 16 heavy (non-hydrogen) atoms. The van der Waals surface area contributed by atoms with Crippen molar-refractivity contribution in [3.05, 3.63) is 22.3 Å². The van der Waals surface area contributed by atoms with Gasteiger partial charge in [-0.1, -0.05) is 22.3 Å². The summed E-state index contributed by atoms with van der Waals surface area (Å²) in [5.41, 5.74) is 8.48. The third kappa shape index (κ3) is 0.893. The Morgan fingerprint density at radius 2 is 1.25 bits per heavy atom. The van der Waals surface area contributed by atoms with Crippen molar-refractivity contribution < 1.29 is 0 Å². The Kier molecular flexibility index (Phi) is 1.33. The molecule has 0 aromatic heterocycles. The standard InChI is InChI=1S/C16H20/c1-2-16-7-10(1)11-3-12-5-14(6-13(12)4-11)15(8-16)9-16/h12-13H,1-9H2. The molecule has 4 saturated carbocycles. The van der Waals surface area contributed by atoms with E-state index in [2.05, 4.69) is 0 Å². The monoisotopic (exact) mass is 212 g/mol. The van der Waals surface area contributed by atoms with Crippen LogP contribution in [0.25, 0.3) is 0 Å². The molecule has 0 heteroatoms. The second-order valence-electron chi connectivity index (χ2n) is 7.28. The van der Waals surface area contributed by atoms with Gasteiger partial charge in [0.1, 0.15) is 0 Å². The minimum atomic E-state index is 0.783. The molecule has 0 N–H and O–H groups in total. The first kappa shape index (κ1) is 8.55. The zero-order valence-corrected chi connectivity index (χ0v) is 10.0. The van der Waals surface area contributed by atoms with Crippen LogP contribution in [0.2, 0.25) is 0 Å². The molecule has 0 aromatic carbocycles. The molecule has 0 aromatic rings. The van der Waals surface area contributed by atoms with Gasteiger partial charge in [-0.25, -0.2) is 0 Å². The van der Waals surface area contributed by atoms with Crippen LogP contribution in [0.4, 0.5) is 0 Å². The van der Waals surface area contributed by atoms with Gasteiger partial charge in [-0.15, -0.1) is 0 Å². The van der Waals surface area contributed by atoms with Gasteiger partial charge in [0.05, 0.1) is 0 Å². The molecule has 8 rings (SSSR count). The van der Waals surface area contributed by atoms with E-state index in [9.17, 15) is 0 Å². The maximum atomic E-state index is 1.93. The first-order chi connectivity index (χ1) is 7.81. The Morgan fingerprint density at radius 3 is 1.94 bits per heavy atom. The van der Waals surface area contributed by atoms with E-state index in [0.29, 0.717) is 0 Å². The second kappa shape index (κ2) is 2.49. The molecule has 4 fully saturated rings. The molecule has 7 bridgehead atoms. The third-order valence-electron chi connectivity index (χ3n) is 6.42. The van der Waals surface area contributed by atoms with Gasteiger partial charge in [-0.05, 0) is 75.0 Å². The minimum absolute atomic E-state index is 0.783. The summed E-state index contributed by atoms with van der Waals surface area (Å²) < 4.78 is 0. The number of hydrogen-bond acceptors (Lipinski definition) is 0. The van der Waals surface area contributed by atoms with Crippen LogP contribution < -0.4 is 0 Å². The van der Waals surface area contributed by atoms with E-state index in [4.69, 9.17) is 0 Å². The lowest BCUT2D eigenvalue weighted by Crippen LogP contribution is -2.29. The maximum absolute atomic E-state index is 1.93. The third-order valence-corrected chi connectivity index (χ3v) is 6.42. The van der Waals surface area contributed by atoms with E-state index in [0.717, 1.165) is 17.3 Å². The topological polar surface area (TPSA) is 0 Å². The molecular formula is C16H20. The van der Waals surface area contributed by atoms with Gasteiger partial charge in [0.15, 0.2) is 0 Å². The van der Waals surface area contributed by atoms with Crippen LogP contribution in [0, 0.1) is 17.3 Å². The molecule has 8 aliphatic carbocycles. The fourth-order valence-corrected chi connectivity index (χ4v) is 5.57. The summed E-state index contributed by atoms with van der Waals surface area (Å²) in [5, 5.41) is 0. The second-order valence-corrected chi connectivity index (χ2v) is 7.28. The zero-order valence-electron chi connectivity index (χ0n) is 10.0. The summed E-state index contributed by atoms with van der Waals surface area (Å²) in [6, 6.07) is 0. The van der Waals surface area contributed by atoms with Crippen molar-refractivity contribution in [3.8, 4) is 0 Å². The van der Waals surface area contributed by atoms with Crippen molar-refractivity contribution in [1.29, 1.82) is 0 Å². The summed E-state index contributed by atoms with van der Waals surface area (Å²) in [6.45, 7) is 0. The van der Waals surface area contributed by atoms with Crippen molar-refractivity contribution in [1.82, 2.24) is 0 Å². The van der Waals surface area contributed by atoms with E-state index >= 15 is 0 Å². The molecule has 8 aliphatic rings. The van der Waals surface area contributed by atoms with Gasteiger partial charge < -0.3 is 0 Å². The van der Waals surface area contributed by atoms with Crippen molar-refractivity contribution >= 4 is 0 Å². The highest BCUT2D eigenvalue weighted by Gasteiger charge is 2.50. The fourth-order valence-electron chi connectivity index (χ4n) is 5.57. The van der Waals surface area contributed by atoms with E-state index in [1.54, 1.807) is 0 Å². The predicted molar refractivity (Wildman–Crippen MR) is 65.0 cm³/mol. The molecule has 0 heterocycles. The van der Waals surface area contributed by atoms with E-state index in [1.165, 1.54) is 57.8 Å². The quantitative estimate of drug-likeness (QED) is 0.523. The van der Waals surface area contributed by atoms with Crippen molar-refractivity contribution in [2.45, 2.75) is 57.8 Å². The Morgan fingerprint density at radius 1 is 0.688 bits per heavy atom. The highest BCUT2D eigenvalue weighted by molar-refractivity contribution is 5.38. The molecule has 2 atom stereocenters. The molecular weight excluding hydrogens is 192 g/mol. The van der Waals surface area contributed by atoms with E-state index in [-0.39, 0.29) is 0 Å². The summed E-state index contributed by atoms with van der Waals surface area (Å²) in [5.74, 6) is 2.14. The Bertz CT molecular complexity index is 423. The van der Waals surface area contributed by atoms with Crippen LogP contribution in [-0.4, -0.2) is 0 Å². The Labute approximate surface area is 97.8 Å². The first-order valence-electron chi connectivity index (χ1n) is 7.21. The van der Waals surface area contributed by atoms with Crippen LogP contribution >= 0.6 is 0 Å². The minimum Gasteiger partial charge on any atom is -0.0704 e. The van der Waals surface area contributed by atoms with Crippen molar-refractivity contribution in [2.24, 2.45) is 17.3 Å². The van der Waals surface area contributed by atoms with Gasteiger partial charge in [0.25, 0.3) is 0 Å². The van der Waals surface area contributed by atoms with Crippen LogP contribution in [0.1, 0.15) is 57.8 Å². The molecule has 0 saturated heterocycles. The molecule has 0 amide bonds. The first-order valence-corrected chi connectivity index (χ1v) is 7.21. The lowest BCUT2D eigenvalue weighted by atomic mass is 9.62. The average molecular weight is 212 g/mol. The number of rotatable bonds is 0. The maximum Gasteiger partial charge on any atom is -0.0183 e. The zero-order chi connectivity index (χ0) is 10.3. The van der Waals surface area contributed by atoms with E-state index in [1.807, 2.05) is 22.3 Å². The summed E-state index contributed by atoms with van der Waals surface area (Å²) in [7, 11) is 0. The van der Waals surface area contributed by atoms with Gasteiger partial charge in [-0.2, -0.15) is 0 Å². The lowest BCUT2D eigenvalue weighted by molar-refractivity contribution is 0.216. The van der Waals surface area contributed by atoms with Crippen LogP contribution in [0.3, 0.4) is 0 Å². The molecule has 2 unspecified atom stereocenters. The van der Waals surface area contributed by atoms with Crippen LogP contribution in [0.15, 0.2) is 22.3 Å². The summed E-state index contributed by atoms with van der Waals surface area (Å²) in [4.78, 5) is 0. The van der Waals surface area contributed by atoms with E-state index < -0.39 is 0 Å². The molecule has 1 spiro atoms. The van der Waals surface area contributed by atoms with Crippen LogP contribution in [0.5, 0.6) is 0 Å². The molecule has 0 nitrogen and oxygen atoms in total. The van der Waals surface area contributed by atoms with Gasteiger partial charge in [-0.3, -0.25) is 0 Å².